The van der Waals surface area contributed by atoms with E-state index in [0.29, 0.717) is 5.11 Å². The molecule has 2 aromatic carbocycles. The lowest BCUT2D eigenvalue weighted by Gasteiger charge is -2.52. The van der Waals surface area contributed by atoms with E-state index in [2.05, 4.69) is 49.2 Å². The third-order valence-corrected chi connectivity index (χ3v) is 5.24. The van der Waals surface area contributed by atoms with Crippen molar-refractivity contribution < 1.29 is 9.47 Å². The Bertz CT molecular complexity index is 847. The molecular weight excluding hydrogens is 332 g/mol. The fourth-order valence-corrected chi connectivity index (χ4v) is 4.39. The summed E-state index contributed by atoms with van der Waals surface area (Å²) in [7, 11) is 1.68. The zero-order chi connectivity index (χ0) is 17.8. The molecule has 2 aliphatic rings. The van der Waals surface area contributed by atoms with E-state index < -0.39 is 5.72 Å². The fourth-order valence-electron chi connectivity index (χ4n) is 3.95. The van der Waals surface area contributed by atoms with Crippen molar-refractivity contribution in [3.8, 4) is 11.5 Å². The molecule has 4 nitrogen and oxygen atoms in total. The predicted molar refractivity (Wildman–Crippen MR) is 104 cm³/mol. The van der Waals surface area contributed by atoms with Crippen LogP contribution in [0.25, 0.3) is 0 Å². The second kappa shape index (κ2) is 5.63. The van der Waals surface area contributed by atoms with Crippen molar-refractivity contribution in [2.45, 2.75) is 39.0 Å². The van der Waals surface area contributed by atoms with Gasteiger partial charge in [0.05, 0.1) is 13.2 Å². The number of nitrogens with zero attached hydrogens (tertiary/aromatic N) is 1. The van der Waals surface area contributed by atoms with Crippen LogP contribution in [0.15, 0.2) is 36.4 Å². The van der Waals surface area contributed by atoms with Gasteiger partial charge in [-0.1, -0.05) is 6.07 Å². The number of fused-ring (bicyclic) bond motifs is 4. The number of aryl methyl sites for hydroxylation is 2. The molecule has 2 heterocycles. The summed E-state index contributed by atoms with van der Waals surface area (Å²) >= 11 is 5.72. The molecule has 0 unspecified atom stereocenters. The molecule has 0 spiro atoms. The maximum Gasteiger partial charge on any atom is 0.188 e. The van der Waals surface area contributed by atoms with Crippen LogP contribution in [0, 0.1) is 13.8 Å². The van der Waals surface area contributed by atoms with Gasteiger partial charge in [-0.3, -0.25) is 4.90 Å². The normalized spacial score (nSPS) is 24.2. The van der Waals surface area contributed by atoms with Gasteiger partial charge in [0.1, 0.15) is 11.5 Å². The summed E-state index contributed by atoms with van der Waals surface area (Å²) in [5.41, 5.74) is 4.07. The van der Waals surface area contributed by atoms with Crippen LogP contribution in [0.5, 0.6) is 11.5 Å². The first-order chi connectivity index (χ1) is 11.9. The SMILES string of the molecule is COc1ccc2c(c1)[C@H]1C[C@@](C)(O2)N(c2cc(C)cc(C)c2)C(=S)N1. The van der Waals surface area contributed by atoms with E-state index in [4.69, 9.17) is 21.7 Å². The van der Waals surface area contributed by atoms with Crippen molar-refractivity contribution in [3.63, 3.8) is 0 Å². The molecule has 2 atom stereocenters. The number of hydrogen-bond acceptors (Lipinski definition) is 3. The van der Waals surface area contributed by atoms with E-state index in [1.54, 1.807) is 7.11 Å². The van der Waals surface area contributed by atoms with Crippen molar-refractivity contribution in [2.75, 3.05) is 12.0 Å². The largest absolute Gasteiger partial charge is 0.497 e. The third kappa shape index (κ3) is 2.63. The number of thiocarbonyl (C=S) groups is 1. The molecule has 0 saturated carbocycles. The minimum atomic E-state index is -0.519. The number of benzene rings is 2. The Kier molecular flexibility index (Phi) is 3.65. The first kappa shape index (κ1) is 16.2. The molecule has 0 aromatic heterocycles. The Morgan fingerprint density at radius 1 is 1.20 bits per heavy atom. The molecule has 2 bridgehead atoms. The van der Waals surface area contributed by atoms with Gasteiger partial charge in [0, 0.05) is 17.7 Å². The highest BCUT2D eigenvalue weighted by Gasteiger charge is 2.48. The molecule has 130 valence electrons. The first-order valence-corrected chi connectivity index (χ1v) is 8.86. The lowest BCUT2D eigenvalue weighted by molar-refractivity contribution is 0.0496. The smallest absolute Gasteiger partial charge is 0.188 e. The van der Waals surface area contributed by atoms with Crippen molar-refractivity contribution in [1.29, 1.82) is 0 Å². The van der Waals surface area contributed by atoms with Gasteiger partial charge in [-0.2, -0.15) is 0 Å². The number of nitrogens with one attached hydrogen (secondary N) is 1. The average molecular weight is 354 g/mol. The van der Waals surface area contributed by atoms with E-state index in [1.165, 1.54) is 11.1 Å². The molecule has 0 radical (unpaired) electrons. The Balaban J connectivity index is 1.79. The van der Waals surface area contributed by atoms with E-state index in [1.807, 2.05) is 18.2 Å². The van der Waals surface area contributed by atoms with Crippen LogP contribution in [-0.4, -0.2) is 17.9 Å². The predicted octanol–water partition coefficient (Wildman–Crippen LogP) is 4.25. The lowest BCUT2D eigenvalue weighted by atomic mass is 9.90. The highest BCUT2D eigenvalue weighted by molar-refractivity contribution is 7.80. The van der Waals surface area contributed by atoms with Crippen LogP contribution in [0.1, 0.15) is 36.1 Å². The molecule has 2 aromatic rings. The van der Waals surface area contributed by atoms with Gasteiger partial charge in [0.2, 0.25) is 0 Å². The summed E-state index contributed by atoms with van der Waals surface area (Å²) in [5.74, 6) is 1.71. The quantitative estimate of drug-likeness (QED) is 0.816. The Morgan fingerprint density at radius 3 is 2.60 bits per heavy atom. The molecule has 2 aliphatic heterocycles. The van der Waals surface area contributed by atoms with Crippen LogP contribution in [-0.2, 0) is 0 Å². The second-order valence-corrected chi connectivity index (χ2v) is 7.46. The molecule has 1 saturated heterocycles. The first-order valence-electron chi connectivity index (χ1n) is 8.45. The molecule has 0 amide bonds. The van der Waals surface area contributed by atoms with E-state index in [0.717, 1.165) is 29.2 Å². The van der Waals surface area contributed by atoms with Crippen molar-refractivity contribution in [2.24, 2.45) is 0 Å². The highest BCUT2D eigenvalue weighted by Crippen LogP contribution is 2.46. The molecule has 1 fully saturated rings. The van der Waals surface area contributed by atoms with Gasteiger partial charge >= 0.3 is 0 Å². The number of anilines is 1. The summed E-state index contributed by atoms with van der Waals surface area (Å²) in [6.07, 6.45) is 0.806. The van der Waals surface area contributed by atoms with Gasteiger partial charge in [0.15, 0.2) is 10.8 Å². The molecule has 4 rings (SSSR count). The highest BCUT2D eigenvalue weighted by atomic mass is 32.1. The van der Waals surface area contributed by atoms with Gasteiger partial charge in [-0.05, 0) is 74.4 Å². The van der Waals surface area contributed by atoms with Crippen LogP contribution in [0.4, 0.5) is 5.69 Å². The molecule has 0 aliphatic carbocycles. The summed E-state index contributed by atoms with van der Waals surface area (Å²) in [5, 5.41) is 4.18. The summed E-state index contributed by atoms with van der Waals surface area (Å²) in [6, 6.07) is 12.5. The molecular formula is C20H22N2O2S. The minimum absolute atomic E-state index is 0.124. The monoisotopic (exact) mass is 354 g/mol. The standard InChI is InChI=1S/C20H22N2O2S/c1-12-7-13(2)9-14(8-12)22-19(25)21-17-11-20(22,3)24-18-6-5-15(23-4)10-16(17)18/h5-10,17H,11H2,1-4H3,(H,21,25)/t17-,20-/m1/s1. The lowest BCUT2D eigenvalue weighted by Crippen LogP contribution is -2.65. The number of ether oxygens (including phenoxy) is 2. The molecule has 25 heavy (non-hydrogen) atoms. The van der Waals surface area contributed by atoms with Gasteiger partial charge in [-0.15, -0.1) is 0 Å². The van der Waals surface area contributed by atoms with E-state index in [-0.39, 0.29) is 6.04 Å². The van der Waals surface area contributed by atoms with Crippen molar-refractivity contribution in [3.05, 3.63) is 53.1 Å². The summed E-state index contributed by atoms with van der Waals surface area (Å²) < 4.78 is 11.8. The number of hydrogen-bond donors (Lipinski definition) is 1. The van der Waals surface area contributed by atoms with Crippen molar-refractivity contribution >= 4 is 23.0 Å². The Morgan fingerprint density at radius 2 is 1.92 bits per heavy atom. The van der Waals surface area contributed by atoms with Gasteiger partial charge < -0.3 is 14.8 Å². The maximum absolute atomic E-state index is 6.45. The zero-order valence-electron chi connectivity index (χ0n) is 14.9. The minimum Gasteiger partial charge on any atom is -0.497 e. The Labute approximate surface area is 153 Å². The van der Waals surface area contributed by atoms with E-state index in [9.17, 15) is 0 Å². The maximum atomic E-state index is 6.45. The van der Waals surface area contributed by atoms with Crippen LogP contribution in [0.2, 0.25) is 0 Å². The summed E-state index contributed by atoms with van der Waals surface area (Å²) in [6.45, 7) is 6.31. The summed E-state index contributed by atoms with van der Waals surface area (Å²) in [4.78, 5) is 2.10. The van der Waals surface area contributed by atoms with Crippen LogP contribution < -0.4 is 19.7 Å². The topological polar surface area (TPSA) is 33.7 Å². The molecule has 1 N–H and O–H groups in total. The third-order valence-electron chi connectivity index (χ3n) is 4.94. The fraction of sp³-hybridized carbons (Fsp3) is 0.350. The van der Waals surface area contributed by atoms with E-state index >= 15 is 0 Å². The second-order valence-electron chi connectivity index (χ2n) is 7.07. The van der Waals surface area contributed by atoms with Crippen molar-refractivity contribution in [1.82, 2.24) is 5.32 Å². The number of rotatable bonds is 2. The zero-order valence-corrected chi connectivity index (χ0v) is 15.7. The molecule has 5 heteroatoms. The average Bonchev–Trinajstić information content (AvgIpc) is 2.52. The Hall–Kier alpha value is -2.27. The van der Waals surface area contributed by atoms with Gasteiger partial charge in [0.25, 0.3) is 0 Å². The van der Waals surface area contributed by atoms with Crippen LogP contribution in [0.3, 0.4) is 0 Å². The van der Waals surface area contributed by atoms with Gasteiger partial charge in [-0.25, -0.2) is 0 Å². The number of methoxy groups -OCH3 is 1. The van der Waals surface area contributed by atoms with Crippen LogP contribution >= 0.6 is 12.2 Å².